The zero-order chi connectivity index (χ0) is 12.8. The van der Waals surface area contributed by atoms with E-state index in [0.717, 1.165) is 0 Å². The molecule has 1 N–H and O–H groups in total. The van der Waals surface area contributed by atoms with Gasteiger partial charge in [-0.2, -0.15) is 0 Å². The average Bonchev–Trinajstić information content (AvgIpc) is 2.28. The van der Waals surface area contributed by atoms with E-state index >= 15 is 0 Å². The Labute approximate surface area is 106 Å². The summed E-state index contributed by atoms with van der Waals surface area (Å²) in [6.07, 6.45) is 3.80. The van der Waals surface area contributed by atoms with Gasteiger partial charge in [-0.1, -0.05) is 25.8 Å². The van der Waals surface area contributed by atoms with Crippen LogP contribution in [0.25, 0.3) is 0 Å². The van der Waals surface area contributed by atoms with Gasteiger partial charge in [0.15, 0.2) is 0 Å². The Morgan fingerprint density at radius 3 is 2.59 bits per heavy atom. The van der Waals surface area contributed by atoms with Gasteiger partial charge in [0.1, 0.15) is 0 Å². The maximum Gasteiger partial charge on any atom is 0.0411 e. The summed E-state index contributed by atoms with van der Waals surface area (Å²) in [4.78, 5) is 2.16. The molecule has 0 aliphatic carbocycles. The number of nitrogens with one attached hydrogen (secondary N) is 1. The molecule has 0 radical (unpaired) electrons. The number of hydrogen-bond donors (Lipinski definition) is 1. The first-order valence-corrected chi connectivity index (χ1v) is 6.59. The molecule has 1 rings (SSSR count). The van der Waals surface area contributed by atoms with Crippen molar-refractivity contribution in [2.24, 2.45) is 0 Å². The van der Waals surface area contributed by atoms with Crippen LogP contribution in [0.15, 0.2) is 18.2 Å². The molecule has 0 amide bonds. The molecule has 0 aliphatic heterocycles. The maximum atomic E-state index is 3.57. The van der Waals surface area contributed by atoms with Crippen molar-refractivity contribution in [3.05, 3.63) is 23.8 Å². The summed E-state index contributed by atoms with van der Waals surface area (Å²) in [5.41, 5.74) is 3.84. The fourth-order valence-corrected chi connectivity index (χ4v) is 2.05. The molecule has 0 saturated heterocycles. The monoisotopic (exact) mass is 234 g/mol. The van der Waals surface area contributed by atoms with Crippen molar-refractivity contribution in [3.8, 4) is 0 Å². The molecule has 2 heteroatoms. The Morgan fingerprint density at radius 1 is 1.29 bits per heavy atom. The van der Waals surface area contributed by atoms with Crippen LogP contribution in [0, 0.1) is 6.92 Å². The van der Waals surface area contributed by atoms with E-state index in [4.69, 9.17) is 0 Å². The van der Waals surface area contributed by atoms with E-state index < -0.39 is 0 Å². The predicted octanol–water partition coefficient (Wildman–Crippen LogP) is 4.05. The first kappa shape index (κ1) is 13.9. The highest BCUT2D eigenvalue weighted by Crippen LogP contribution is 2.23. The lowest BCUT2D eigenvalue weighted by atomic mass is 10.1. The lowest BCUT2D eigenvalue weighted by Gasteiger charge is -2.20. The number of benzene rings is 1. The van der Waals surface area contributed by atoms with Gasteiger partial charge in [-0.3, -0.25) is 0 Å². The van der Waals surface area contributed by atoms with E-state index in [2.05, 4.69) is 63.3 Å². The fraction of sp³-hybridized carbons (Fsp3) is 0.600. The van der Waals surface area contributed by atoms with Crippen LogP contribution in [-0.4, -0.2) is 20.1 Å². The molecule has 1 unspecified atom stereocenters. The van der Waals surface area contributed by atoms with Gasteiger partial charge >= 0.3 is 0 Å². The number of hydrogen-bond acceptors (Lipinski definition) is 2. The summed E-state index contributed by atoms with van der Waals surface area (Å²) < 4.78 is 0. The van der Waals surface area contributed by atoms with E-state index in [-0.39, 0.29) is 0 Å². The van der Waals surface area contributed by atoms with Crippen molar-refractivity contribution in [1.82, 2.24) is 0 Å². The third-order valence-corrected chi connectivity index (χ3v) is 3.09. The summed E-state index contributed by atoms with van der Waals surface area (Å²) in [5.74, 6) is 0. The third-order valence-electron chi connectivity index (χ3n) is 3.09. The molecule has 0 aliphatic rings. The number of anilines is 2. The Balaban J connectivity index is 2.68. The van der Waals surface area contributed by atoms with E-state index in [9.17, 15) is 0 Å². The molecule has 1 atom stereocenters. The first-order chi connectivity index (χ1) is 8.04. The van der Waals surface area contributed by atoms with Crippen molar-refractivity contribution in [2.75, 3.05) is 24.3 Å². The first-order valence-electron chi connectivity index (χ1n) is 6.59. The van der Waals surface area contributed by atoms with Crippen molar-refractivity contribution in [2.45, 2.75) is 46.1 Å². The topological polar surface area (TPSA) is 15.3 Å². The van der Waals surface area contributed by atoms with Gasteiger partial charge in [-0.05, 0) is 38.0 Å². The van der Waals surface area contributed by atoms with Gasteiger partial charge in [0.2, 0.25) is 0 Å². The van der Waals surface area contributed by atoms with Crippen LogP contribution in [0.2, 0.25) is 0 Å². The highest BCUT2D eigenvalue weighted by Gasteiger charge is 2.05. The number of unbranched alkanes of at least 4 members (excludes halogenated alkanes) is 1. The zero-order valence-corrected chi connectivity index (χ0v) is 11.9. The maximum absolute atomic E-state index is 3.57. The molecule has 96 valence electrons. The Hall–Kier alpha value is -1.18. The molecule has 17 heavy (non-hydrogen) atoms. The lowest BCUT2D eigenvalue weighted by molar-refractivity contribution is 0.645. The summed E-state index contributed by atoms with van der Waals surface area (Å²) >= 11 is 0. The zero-order valence-electron chi connectivity index (χ0n) is 11.9. The minimum atomic E-state index is 0.549. The normalized spacial score (nSPS) is 12.3. The number of nitrogens with zero attached hydrogens (tertiary/aromatic N) is 1. The van der Waals surface area contributed by atoms with Gasteiger partial charge < -0.3 is 10.2 Å². The molecule has 0 heterocycles. The Bertz CT molecular complexity index is 345. The van der Waals surface area contributed by atoms with Crippen LogP contribution in [-0.2, 0) is 0 Å². The SMILES string of the molecule is CCCCC(C)Nc1ccc(C)c(N(C)C)c1. The smallest absolute Gasteiger partial charge is 0.0411 e. The highest BCUT2D eigenvalue weighted by molar-refractivity contribution is 5.62. The molecule has 0 fully saturated rings. The van der Waals surface area contributed by atoms with Gasteiger partial charge in [-0.15, -0.1) is 0 Å². The van der Waals surface area contributed by atoms with Crippen LogP contribution in [0.1, 0.15) is 38.7 Å². The van der Waals surface area contributed by atoms with E-state index in [1.54, 1.807) is 0 Å². The number of rotatable bonds is 6. The van der Waals surface area contributed by atoms with Crippen LogP contribution in [0.5, 0.6) is 0 Å². The summed E-state index contributed by atoms with van der Waals surface area (Å²) in [7, 11) is 4.18. The van der Waals surface area contributed by atoms with Gasteiger partial charge in [-0.25, -0.2) is 0 Å². The lowest BCUT2D eigenvalue weighted by Crippen LogP contribution is -2.16. The average molecular weight is 234 g/mol. The highest BCUT2D eigenvalue weighted by atomic mass is 15.1. The van der Waals surface area contributed by atoms with Crippen molar-refractivity contribution in [1.29, 1.82) is 0 Å². The van der Waals surface area contributed by atoms with E-state index in [1.807, 2.05) is 0 Å². The summed E-state index contributed by atoms with van der Waals surface area (Å²) in [5, 5.41) is 3.57. The van der Waals surface area contributed by atoms with Gasteiger partial charge in [0.25, 0.3) is 0 Å². The van der Waals surface area contributed by atoms with Crippen LogP contribution >= 0.6 is 0 Å². The molecule has 0 spiro atoms. The van der Waals surface area contributed by atoms with Crippen molar-refractivity contribution in [3.63, 3.8) is 0 Å². The fourth-order valence-electron chi connectivity index (χ4n) is 2.05. The minimum absolute atomic E-state index is 0.549. The Morgan fingerprint density at radius 2 is 2.00 bits per heavy atom. The predicted molar refractivity (Wildman–Crippen MR) is 78.1 cm³/mol. The molecule has 2 nitrogen and oxygen atoms in total. The molecular formula is C15H26N2. The minimum Gasteiger partial charge on any atom is -0.383 e. The third kappa shape index (κ3) is 4.29. The molecular weight excluding hydrogens is 208 g/mol. The second kappa shape index (κ2) is 6.53. The standard InChI is InChI=1S/C15H26N2/c1-6-7-8-13(3)16-14-10-9-12(2)15(11-14)17(4)5/h9-11,13,16H,6-8H2,1-5H3. The molecule has 1 aromatic rings. The van der Waals surface area contributed by atoms with Crippen molar-refractivity contribution >= 4 is 11.4 Å². The van der Waals surface area contributed by atoms with Crippen molar-refractivity contribution < 1.29 is 0 Å². The van der Waals surface area contributed by atoms with Gasteiger partial charge in [0.05, 0.1) is 0 Å². The van der Waals surface area contributed by atoms with E-state index in [0.29, 0.717) is 6.04 Å². The van der Waals surface area contributed by atoms with Crippen LogP contribution < -0.4 is 10.2 Å². The van der Waals surface area contributed by atoms with Crippen LogP contribution in [0.3, 0.4) is 0 Å². The number of aryl methyl sites for hydroxylation is 1. The molecule has 0 bridgehead atoms. The summed E-state index contributed by atoms with van der Waals surface area (Å²) in [6, 6.07) is 7.14. The molecule has 0 saturated carbocycles. The largest absolute Gasteiger partial charge is 0.383 e. The Kier molecular flexibility index (Phi) is 5.33. The van der Waals surface area contributed by atoms with Crippen LogP contribution in [0.4, 0.5) is 11.4 Å². The summed E-state index contributed by atoms with van der Waals surface area (Å²) in [6.45, 7) is 6.65. The van der Waals surface area contributed by atoms with E-state index in [1.165, 1.54) is 36.2 Å². The molecule has 0 aromatic heterocycles. The second-order valence-corrected chi connectivity index (χ2v) is 5.08. The van der Waals surface area contributed by atoms with Gasteiger partial charge in [0, 0.05) is 31.5 Å². The molecule has 1 aromatic carbocycles. The second-order valence-electron chi connectivity index (χ2n) is 5.08. The quantitative estimate of drug-likeness (QED) is 0.798.